The molecule has 4 heteroatoms. The summed E-state index contributed by atoms with van der Waals surface area (Å²) in [6.45, 7) is 2.90. The van der Waals surface area contributed by atoms with Crippen LogP contribution in [-0.2, 0) is 0 Å². The molecule has 0 bridgehead atoms. The molecular weight excluding hydrogens is 134 g/mol. The molecule has 0 spiro atoms. The lowest BCUT2D eigenvalue weighted by Gasteiger charge is -2.15. The third kappa shape index (κ3) is 0.822. The van der Waals surface area contributed by atoms with Gasteiger partial charge in [-0.05, 0) is 0 Å². The molecule has 1 saturated heterocycles. The summed E-state index contributed by atoms with van der Waals surface area (Å²) < 4.78 is 0. The number of rotatable bonds is 0. The normalized spacial score (nSPS) is 33.9. The molecule has 0 N–H and O–H groups in total. The van der Waals surface area contributed by atoms with Crippen molar-refractivity contribution in [2.45, 2.75) is 5.25 Å². The SMILES string of the molecule is SC1CN2C=NCN2C1. The smallest absolute Gasteiger partial charge is 0.110 e. The number of hydrogen-bond acceptors (Lipinski definition) is 4. The third-order valence-electron chi connectivity index (χ3n) is 1.64. The minimum absolute atomic E-state index is 0.511. The molecule has 0 aromatic heterocycles. The van der Waals surface area contributed by atoms with Crippen molar-refractivity contribution in [1.29, 1.82) is 0 Å². The Bertz CT molecular complexity index is 147. The molecule has 2 aliphatic rings. The Balaban J connectivity index is 2.08. The fourth-order valence-electron chi connectivity index (χ4n) is 1.22. The number of fused-ring (bicyclic) bond motifs is 1. The fourth-order valence-corrected chi connectivity index (χ4v) is 1.58. The fraction of sp³-hybridized carbons (Fsp3) is 0.800. The molecule has 50 valence electrons. The van der Waals surface area contributed by atoms with Gasteiger partial charge >= 0.3 is 0 Å². The van der Waals surface area contributed by atoms with E-state index in [2.05, 4.69) is 27.6 Å². The van der Waals surface area contributed by atoms with Gasteiger partial charge in [-0.3, -0.25) is 10.0 Å². The van der Waals surface area contributed by atoms with Crippen molar-refractivity contribution in [2.24, 2.45) is 4.99 Å². The quantitative estimate of drug-likeness (QED) is 0.474. The maximum Gasteiger partial charge on any atom is 0.110 e. The summed E-state index contributed by atoms with van der Waals surface area (Å²) in [4.78, 5) is 4.10. The van der Waals surface area contributed by atoms with Gasteiger partial charge in [0.2, 0.25) is 0 Å². The minimum Gasteiger partial charge on any atom is -0.293 e. The molecule has 2 heterocycles. The van der Waals surface area contributed by atoms with Gasteiger partial charge in [-0.15, -0.1) is 0 Å². The predicted octanol–water partition coefficient (Wildman–Crippen LogP) is -0.183. The summed E-state index contributed by atoms with van der Waals surface area (Å²) in [6, 6.07) is 0. The van der Waals surface area contributed by atoms with Crippen molar-refractivity contribution in [3.63, 3.8) is 0 Å². The highest BCUT2D eigenvalue weighted by molar-refractivity contribution is 7.81. The van der Waals surface area contributed by atoms with E-state index in [1.54, 1.807) is 0 Å². The first-order chi connectivity index (χ1) is 4.36. The molecule has 0 aromatic rings. The zero-order chi connectivity index (χ0) is 6.27. The van der Waals surface area contributed by atoms with Crippen LogP contribution in [0.5, 0.6) is 0 Å². The Morgan fingerprint density at radius 3 is 3.22 bits per heavy atom. The maximum absolute atomic E-state index is 4.35. The molecule has 2 aliphatic heterocycles. The second-order valence-corrected chi connectivity index (χ2v) is 3.13. The standard InChI is InChI=1S/C5H9N3S/c9-5-1-7-3-6-4-8(7)2-5/h3,5,9H,1-2,4H2. The van der Waals surface area contributed by atoms with Crippen LogP contribution in [0.2, 0.25) is 0 Å². The first-order valence-electron chi connectivity index (χ1n) is 3.06. The van der Waals surface area contributed by atoms with E-state index in [1.807, 2.05) is 6.34 Å². The lowest BCUT2D eigenvalue weighted by atomic mass is 10.4. The van der Waals surface area contributed by atoms with Crippen LogP contribution in [0.25, 0.3) is 0 Å². The second kappa shape index (κ2) is 1.88. The van der Waals surface area contributed by atoms with E-state index < -0.39 is 0 Å². The summed E-state index contributed by atoms with van der Waals surface area (Å²) in [7, 11) is 0. The molecule has 1 atom stereocenters. The van der Waals surface area contributed by atoms with Gasteiger partial charge in [0.15, 0.2) is 0 Å². The van der Waals surface area contributed by atoms with Crippen molar-refractivity contribution < 1.29 is 0 Å². The number of hydrazine groups is 1. The van der Waals surface area contributed by atoms with Crippen LogP contribution < -0.4 is 0 Å². The lowest BCUT2D eigenvalue weighted by molar-refractivity contribution is 0.139. The molecule has 1 unspecified atom stereocenters. The van der Waals surface area contributed by atoms with E-state index in [9.17, 15) is 0 Å². The van der Waals surface area contributed by atoms with Gasteiger partial charge in [0, 0.05) is 18.3 Å². The van der Waals surface area contributed by atoms with E-state index in [4.69, 9.17) is 0 Å². The monoisotopic (exact) mass is 143 g/mol. The lowest BCUT2D eigenvalue weighted by Crippen LogP contribution is -2.29. The number of hydrogen-bond donors (Lipinski definition) is 1. The summed E-state index contributed by atoms with van der Waals surface area (Å²) >= 11 is 4.35. The molecule has 9 heavy (non-hydrogen) atoms. The Hall–Kier alpha value is -0.220. The van der Waals surface area contributed by atoms with Crippen LogP contribution >= 0.6 is 12.6 Å². The van der Waals surface area contributed by atoms with Crippen LogP contribution in [0.1, 0.15) is 0 Å². The molecule has 0 radical (unpaired) electrons. The van der Waals surface area contributed by atoms with Gasteiger partial charge in [0.05, 0.1) is 0 Å². The second-order valence-electron chi connectivity index (χ2n) is 2.40. The van der Waals surface area contributed by atoms with Gasteiger partial charge in [0.1, 0.15) is 13.0 Å². The largest absolute Gasteiger partial charge is 0.293 e. The highest BCUT2D eigenvalue weighted by atomic mass is 32.1. The molecular formula is C5H9N3S. The van der Waals surface area contributed by atoms with Gasteiger partial charge < -0.3 is 0 Å². The Kier molecular flexibility index (Phi) is 1.16. The Labute approximate surface area is 59.7 Å². The summed E-state index contributed by atoms with van der Waals surface area (Å²) in [6.07, 6.45) is 1.89. The third-order valence-corrected chi connectivity index (χ3v) is 1.97. The van der Waals surface area contributed by atoms with Crippen molar-refractivity contribution in [2.75, 3.05) is 19.8 Å². The molecule has 3 nitrogen and oxygen atoms in total. The number of thiol groups is 1. The van der Waals surface area contributed by atoms with Crippen LogP contribution in [-0.4, -0.2) is 41.4 Å². The molecule has 0 amide bonds. The van der Waals surface area contributed by atoms with Crippen LogP contribution in [0.3, 0.4) is 0 Å². The van der Waals surface area contributed by atoms with Crippen LogP contribution in [0.4, 0.5) is 0 Å². The summed E-state index contributed by atoms with van der Waals surface area (Å²) in [5, 5.41) is 4.83. The summed E-state index contributed by atoms with van der Waals surface area (Å²) in [5.74, 6) is 0. The Morgan fingerprint density at radius 2 is 2.44 bits per heavy atom. The van der Waals surface area contributed by atoms with E-state index in [1.165, 1.54) is 0 Å². The van der Waals surface area contributed by atoms with Crippen LogP contribution in [0.15, 0.2) is 4.99 Å². The van der Waals surface area contributed by atoms with E-state index >= 15 is 0 Å². The summed E-state index contributed by atoms with van der Waals surface area (Å²) in [5.41, 5.74) is 0. The van der Waals surface area contributed by atoms with Crippen molar-refractivity contribution in [3.8, 4) is 0 Å². The average Bonchev–Trinajstić information content (AvgIpc) is 2.22. The molecule has 2 rings (SSSR count). The van der Waals surface area contributed by atoms with Crippen molar-refractivity contribution >= 4 is 19.0 Å². The Morgan fingerprint density at radius 1 is 1.56 bits per heavy atom. The van der Waals surface area contributed by atoms with E-state index in [-0.39, 0.29) is 0 Å². The van der Waals surface area contributed by atoms with Gasteiger partial charge in [-0.1, -0.05) is 0 Å². The highest BCUT2D eigenvalue weighted by Gasteiger charge is 2.28. The van der Waals surface area contributed by atoms with E-state index in [0.29, 0.717) is 5.25 Å². The average molecular weight is 143 g/mol. The highest BCUT2D eigenvalue weighted by Crippen LogP contribution is 2.15. The topological polar surface area (TPSA) is 18.8 Å². The van der Waals surface area contributed by atoms with Crippen molar-refractivity contribution in [3.05, 3.63) is 0 Å². The maximum atomic E-state index is 4.35. The zero-order valence-corrected chi connectivity index (χ0v) is 5.96. The number of aliphatic imine (C=N–C) groups is 1. The molecule has 0 aromatic carbocycles. The molecule has 0 saturated carbocycles. The van der Waals surface area contributed by atoms with Gasteiger partial charge in [-0.25, -0.2) is 0 Å². The van der Waals surface area contributed by atoms with Gasteiger partial charge in [-0.2, -0.15) is 17.6 Å². The van der Waals surface area contributed by atoms with Gasteiger partial charge in [0.25, 0.3) is 0 Å². The first kappa shape index (κ1) is 5.56. The molecule has 0 aliphatic carbocycles. The van der Waals surface area contributed by atoms with E-state index in [0.717, 1.165) is 19.8 Å². The first-order valence-corrected chi connectivity index (χ1v) is 3.57. The van der Waals surface area contributed by atoms with Crippen LogP contribution in [0, 0.1) is 0 Å². The van der Waals surface area contributed by atoms with Crippen molar-refractivity contribution in [1.82, 2.24) is 10.0 Å². The molecule has 1 fully saturated rings. The number of nitrogens with zero attached hydrogens (tertiary/aromatic N) is 3. The zero-order valence-electron chi connectivity index (χ0n) is 5.06. The minimum atomic E-state index is 0.511. The predicted molar refractivity (Wildman–Crippen MR) is 39.5 cm³/mol.